The third-order valence-corrected chi connectivity index (χ3v) is 4.41. The van der Waals surface area contributed by atoms with E-state index in [1.165, 1.54) is 51.5 Å². The van der Waals surface area contributed by atoms with E-state index in [1.807, 2.05) is 0 Å². The van der Waals surface area contributed by atoms with Gasteiger partial charge in [-0.15, -0.1) is 0 Å². The Morgan fingerprint density at radius 2 is 1.88 bits per heavy atom. The average Bonchev–Trinajstić information content (AvgIpc) is 2.30. The van der Waals surface area contributed by atoms with E-state index in [-0.39, 0.29) is 5.54 Å². The summed E-state index contributed by atoms with van der Waals surface area (Å²) in [7, 11) is 2.26. The zero-order valence-electron chi connectivity index (χ0n) is 11.5. The summed E-state index contributed by atoms with van der Waals surface area (Å²) < 4.78 is 0. The van der Waals surface area contributed by atoms with E-state index in [1.54, 1.807) is 0 Å². The summed E-state index contributed by atoms with van der Waals surface area (Å²) >= 11 is 0. The monoisotopic (exact) mass is 226 g/mol. The van der Waals surface area contributed by atoms with Crippen LogP contribution in [0.4, 0.5) is 0 Å². The second-order valence-electron chi connectivity index (χ2n) is 5.84. The van der Waals surface area contributed by atoms with Crippen LogP contribution in [-0.4, -0.2) is 30.6 Å². The van der Waals surface area contributed by atoms with Crippen molar-refractivity contribution in [2.45, 2.75) is 64.3 Å². The summed E-state index contributed by atoms with van der Waals surface area (Å²) in [5.74, 6) is 0.918. The number of hydrogen-bond donors (Lipinski definition) is 1. The Morgan fingerprint density at radius 3 is 2.38 bits per heavy atom. The first-order chi connectivity index (χ1) is 7.62. The molecule has 16 heavy (non-hydrogen) atoms. The first kappa shape index (κ1) is 14.0. The summed E-state index contributed by atoms with van der Waals surface area (Å²) in [6.45, 7) is 6.60. The van der Waals surface area contributed by atoms with Crippen LogP contribution in [0.15, 0.2) is 0 Å². The van der Waals surface area contributed by atoms with Gasteiger partial charge in [-0.3, -0.25) is 4.90 Å². The highest BCUT2D eigenvalue weighted by Gasteiger charge is 2.28. The van der Waals surface area contributed by atoms with Crippen LogP contribution in [0.25, 0.3) is 0 Å². The average molecular weight is 226 g/mol. The van der Waals surface area contributed by atoms with Gasteiger partial charge >= 0.3 is 0 Å². The van der Waals surface area contributed by atoms with E-state index in [0.29, 0.717) is 0 Å². The normalized spacial score (nSPS) is 22.3. The van der Waals surface area contributed by atoms with E-state index in [0.717, 1.165) is 12.5 Å². The number of nitrogens with two attached hydrogens (primary N) is 1. The molecule has 2 nitrogen and oxygen atoms in total. The minimum absolute atomic E-state index is 0.214. The molecule has 1 aliphatic carbocycles. The van der Waals surface area contributed by atoms with Crippen molar-refractivity contribution < 1.29 is 0 Å². The first-order valence-corrected chi connectivity index (χ1v) is 7.03. The van der Waals surface area contributed by atoms with E-state index in [2.05, 4.69) is 25.8 Å². The Kier molecular flexibility index (Phi) is 5.77. The van der Waals surface area contributed by atoms with Crippen molar-refractivity contribution in [1.29, 1.82) is 0 Å². The SMILES string of the molecule is CCCC(C)(CN)N(C)CC1CCCCC1. The molecule has 1 unspecified atom stereocenters. The Bertz CT molecular complexity index is 187. The summed E-state index contributed by atoms with van der Waals surface area (Å²) in [5.41, 5.74) is 6.17. The highest BCUT2D eigenvalue weighted by atomic mass is 15.2. The van der Waals surface area contributed by atoms with E-state index in [9.17, 15) is 0 Å². The van der Waals surface area contributed by atoms with Crippen molar-refractivity contribution >= 4 is 0 Å². The van der Waals surface area contributed by atoms with Crippen molar-refractivity contribution in [2.75, 3.05) is 20.1 Å². The largest absolute Gasteiger partial charge is 0.329 e. The summed E-state index contributed by atoms with van der Waals surface area (Å²) in [4.78, 5) is 2.52. The predicted molar refractivity (Wildman–Crippen MR) is 71.6 cm³/mol. The lowest BCUT2D eigenvalue weighted by molar-refractivity contribution is 0.102. The molecule has 2 heteroatoms. The Labute approximate surface area is 102 Å². The molecular weight excluding hydrogens is 196 g/mol. The highest BCUT2D eigenvalue weighted by Crippen LogP contribution is 2.27. The molecule has 0 aliphatic heterocycles. The maximum atomic E-state index is 5.96. The standard InChI is InChI=1S/C14H30N2/c1-4-10-14(2,12-15)16(3)11-13-8-6-5-7-9-13/h13H,4-12,15H2,1-3H3. The Balaban J connectivity index is 2.44. The maximum absolute atomic E-state index is 5.96. The molecule has 96 valence electrons. The second-order valence-corrected chi connectivity index (χ2v) is 5.84. The van der Waals surface area contributed by atoms with Crippen LogP contribution >= 0.6 is 0 Å². The molecular formula is C14H30N2. The molecule has 0 saturated heterocycles. The first-order valence-electron chi connectivity index (χ1n) is 7.03. The van der Waals surface area contributed by atoms with Crippen molar-refractivity contribution in [3.05, 3.63) is 0 Å². The maximum Gasteiger partial charge on any atom is 0.0300 e. The second kappa shape index (κ2) is 6.61. The fourth-order valence-corrected chi connectivity index (χ4v) is 2.96. The number of nitrogens with zero attached hydrogens (tertiary/aromatic N) is 1. The molecule has 0 spiro atoms. The van der Waals surface area contributed by atoms with Gasteiger partial charge in [-0.05, 0) is 39.2 Å². The number of likely N-dealkylation sites (N-methyl/N-ethyl adjacent to an activating group) is 1. The molecule has 1 aliphatic rings. The van der Waals surface area contributed by atoms with E-state index < -0.39 is 0 Å². The molecule has 1 saturated carbocycles. The predicted octanol–water partition coefficient (Wildman–Crippen LogP) is 3.02. The molecule has 0 aromatic heterocycles. The van der Waals surface area contributed by atoms with Gasteiger partial charge in [0.25, 0.3) is 0 Å². The zero-order chi connectivity index (χ0) is 12.0. The third kappa shape index (κ3) is 3.74. The minimum Gasteiger partial charge on any atom is -0.329 e. The lowest BCUT2D eigenvalue weighted by Gasteiger charge is -2.40. The summed E-state index contributed by atoms with van der Waals surface area (Å²) in [6, 6.07) is 0. The van der Waals surface area contributed by atoms with E-state index >= 15 is 0 Å². The summed E-state index contributed by atoms with van der Waals surface area (Å²) in [6.07, 6.45) is 9.62. The van der Waals surface area contributed by atoms with E-state index in [4.69, 9.17) is 5.73 Å². The molecule has 1 fully saturated rings. The Morgan fingerprint density at radius 1 is 1.25 bits per heavy atom. The topological polar surface area (TPSA) is 29.3 Å². The van der Waals surface area contributed by atoms with Crippen LogP contribution in [0, 0.1) is 5.92 Å². The summed E-state index contributed by atoms with van der Waals surface area (Å²) in [5, 5.41) is 0. The number of hydrogen-bond acceptors (Lipinski definition) is 2. The minimum atomic E-state index is 0.214. The Hall–Kier alpha value is -0.0800. The van der Waals surface area contributed by atoms with Crippen molar-refractivity contribution in [1.82, 2.24) is 4.90 Å². The quantitative estimate of drug-likeness (QED) is 0.754. The van der Waals surface area contributed by atoms with Crippen molar-refractivity contribution in [2.24, 2.45) is 11.7 Å². The molecule has 0 bridgehead atoms. The van der Waals surface area contributed by atoms with Gasteiger partial charge in [-0.1, -0.05) is 32.6 Å². The van der Waals surface area contributed by atoms with Gasteiger partial charge in [0, 0.05) is 18.6 Å². The van der Waals surface area contributed by atoms with Crippen LogP contribution < -0.4 is 5.73 Å². The van der Waals surface area contributed by atoms with Gasteiger partial charge < -0.3 is 5.73 Å². The van der Waals surface area contributed by atoms with Gasteiger partial charge in [-0.25, -0.2) is 0 Å². The molecule has 0 amide bonds. The number of rotatable bonds is 6. The van der Waals surface area contributed by atoms with Gasteiger partial charge in [0.2, 0.25) is 0 Å². The molecule has 0 radical (unpaired) electrons. The third-order valence-electron chi connectivity index (χ3n) is 4.41. The molecule has 1 rings (SSSR count). The van der Waals surface area contributed by atoms with Gasteiger partial charge in [-0.2, -0.15) is 0 Å². The molecule has 1 atom stereocenters. The van der Waals surface area contributed by atoms with Crippen LogP contribution in [0.1, 0.15) is 58.8 Å². The molecule has 0 aromatic carbocycles. The van der Waals surface area contributed by atoms with Gasteiger partial charge in [0.1, 0.15) is 0 Å². The van der Waals surface area contributed by atoms with Gasteiger partial charge in [0.05, 0.1) is 0 Å². The molecule has 0 aromatic rings. The lowest BCUT2D eigenvalue weighted by atomic mass is 9.86. The zero-order valence-corrected chi connectivity index (χ0v) is 11.5. The molecule has 0 heterocycles. The van der Waals surface area contributed by atoms with Crippen molar-refractivity contribution in [3.63, 3.8) is 0 Å². The fourth-order valence-electron chi connectivity index (χ4n) is 2.96. The van der Waals surface area contributed by atoms with Gasteiger partial charge in [0.15, 0.2) is 0 Å². The lowest BCUT2D eigenvalue weighted by Crippen LogP contribution is -2.51. The smallest absolute Gasteiger partial charge is 0.0300 e. The van der Waals surface area contributed by atoms with Crippen LogP contribution in [0.2, 0.25) is 0 Å². The van der Waals surface area contributed by atoms with Crippen molar-refractivity contribution in [3.8, 4) is 0 Å². The van der Waals surface area contributed by atoms with Crippen LogP contribution in [0.3, 0.4) is 0 Å². The fraction of sp³-hybridized carbons (Fsp3) is 1.00. The highest BCUT2D eigenvalue weighted by molar-refractivity contribution is 4.86. The van der Waals surface area contributed by atoms with Crippen LogP contribution in [-0.2, 0) is 0 Å². The molecule has 2 N–H and O–H groups in total. The van der Waals surface area contributed by atoms with Crippen LogP contribution in [0.5, 0.6) is 0 Å².